The largest absolute Gasteiger partial charge is 0.387 e. The quantitative estimate of drug-likeness (QED) is 0.652. The summed E-state index contributed by atoms with van der Waals surface area (Å²) in [6, 6.07) is 6.06. The van der Waals surface area contributed by atoms with Crippen molar-refractivity contribution in [3.8, 4) is 0 Å². The molecular formula is C11H15BrN2. The van der Waals surface area contributed by atoms with Gasteiger partial charge in [0.15, 0.2) is 0 Å². The molecule has 0 aliphatic carbocycles. The lowest BCUT2D eigenvalue weighted by Gasteiger charge is -2.04. The van der Waals surface area contributed by atoms with Crippen molar-refractivity contribution >= 4 is 27.5 Å². The summed E-state index contributed by atoms with van der Waals surface area (Å²) in [5.74, 6) is 0.682. The van der Waals surface area contributed by atoms with Gasteiger partial charge < -0.3 is 5.73 Å². The van der Waals surface area contributed by atoms with Crippen molar-refractivity contribution in [2.45, 2.75) is 26.7 Å². The number of aliphatic imine (C=N–C) groups is 1. The van der Waals surface area contributed by atoms with Crippen molar-refractivity contribution in [2.24, 2.45) is 10.7 Å². The summed E-state index contributed by atoms with van der Waals surface area (Å²) in [6.07, 6.45) is 1.76. The molecule has 0 atom stereocenters. The molecule has 1 aromatic carbocycles. The Morgan fingerprint density at radius 1 is 1.43 bits per heavy atom. The van der Waals surface area contributed by atoms with Crippen LogP contribution < -0.4 is 5.73 Å². The molecule has 0 unspecified atom stereocenters. The molecule has 2 N–H and O–H groups in total. The molecule has 2 nitrogen and oxygen atoms in total. The van der Waals surface area contributed by atoms with E-state index in [2.05, 4.69) is 33.9 Å². The lowest BCUT2D eigenvalue weighted by atomic mass is 10.1. The summed E-state index contributed by atoms with van der Waals surface area (Å²) in [5, 5.41) is 0. The number of hydrogen-bond donors (Lipinski definition) is 1. The molecule has 1 aromatic rings. The van der Waals surface area contributed by atoms with Gasteiger partial charge in [0.05, 0.1) is 11.5 Å². The van der Waals surface area contributed by atoms with Crippen LogP contribution in [0.1, 0.15) is 25.8 Å². The predicted molar refractivity (Wildman–Crippen MR) is 65.1 cm³/mol. The summed E-state index contributed by atoms with van der Waals surface area (Å²) in [4.78, 5) is 4.36. The fraction of sp³-hybridized carbons (Fsp3) is 0.364. The van der Waals surface area contributed by atoms with Crippen molar-refractivity contribution in [1.82, 2.24) is 0 Å². The van der Waals surface area contributed by atoms with Gasteiger partial charge in [-0.15, -0.1) is 0 Å². The van der Waals surface area contributed by atoms with Gasteiger partial charge in [-0.1, -0.05) is 29.8 Å². The number of nitrogens with zero attached hydrogens (tertiary/aromatic N) is 1. The first kappa shape index (κ1) is 11.2. The van der Waals surface area contributed by atoms with Gasteiger partial charge in [-0.2, -0.15) is 0 Å². The van der Waals surface area contributed by atoms with E-state index in [9.17, 15) is 0 Å². The Morgan fingerprint density at radius 3 is 2.71 bits per heavy atom. The standard InChI is InChI=1S/C11H15BrN2/c1-3-8-7-9(12)5-6-10(8)14-11(13)4-2/h5-7H,3-4H2,1-2H3,(H2,13,14). The van der Waals surface area contributed by atoms with E-state index >= 15 is 0 Å². The molecule has 3 heteroatoms. The fourth-order valence-electron chi connectivity index (χ4n) is 1.18. The van der Waals surface area contributed by atoms with Gasteiger partial charge in [0.1, 0.15) is 0 Å². The van der Waals surface area contributed by atoms with Crippen LogP contribution in [-0.2, 0) is 6.42 Å². The SMILES string of the molecule is CCC(N)=Nc1ccc(Br)cc1CC. The van der Waals surface area contributed by atoms with Gasteiger partial charge in [0.25, 0.3) is 0 Å². The number of halogens is 1. The Balaban J connectivity index is 3.08. The Labute approximate surface area is 93.4 Å². The number of aryl methyl sites for hydroxylation is 1. The third-order valence-corrected chi connectivity index (χ3v) is 2.54. The molecule has 1 rings (SSSR count). The summed E-state index contributed by atoms with van der Waals surface area (Å²) in [6.45, 7) is 4.12. The van der Waals surface area contributed by atoms with Gasteiger partial charge in [0, 0.05) is 10.9 Å². The van der Waals surface area contributed by atoms with Crippen LogP contribution in [0.2, 0.25) is 0 Å². The third kappa shape index (κ3) is 2.84. The molecule has 0 fully saturated rings. The van der Waals surface area contributed by atoms with Gasteiger partial charge in [-0.3, -0.25) is 0 Å². The van der Waals surface area contributed by atoms with Crippen LogP contribution >= 0.6 is 15.9 Å². The Hall–Kier alpha value is -0.830. The van der Waals surface area contributed by atoms with E-state index in [0.29, 0.717) is 5.84 Å². The van der Waals surface area contributed by atoms with Gasteiger partial charge in [-0.05, 0) is 30.2 Å². The fourth-order valence-corrected chi connectivity index (χ4v) is 1.59. The molecule has 0 amide bonds. The topological polar surface area (TPSA) is 38.4 Å². The van der Waals surface area contributed by atoms with Crippen LogP contribution in [-0.4, -0.2) is 5.84 Å². The first-order valence-corrected chi connectivity index (χ1v) is 5.58. The summed E-state index contributed by atoms with van der Waals surface area (Å²) in [7, 11) is 0. The first-order chi connectivity index (χ1) is 6.67. The predicted octanol–water partition coefficient (Wildman–Crippen LogP) is 3.41. The highest BCUT2D eigenvalue weighted by molar-refractivity contribution is 9.10. The van der Waals surface area contributed by atoms with Gasteiger partial charge >= 0.3 is 0 Å². The molecule has 14 heavy (non-hydrogen) atoms. The van der Waals surface area contributed by atoms with E-state index in [1.807, 2.05) is 19.1 Å². The zero-order valence-corrected chi connectivity index (χ0v) is 10.1. The molecule has 0 aliphatic rings. The lowest BCUT2D eigenvalue weighted by molar-refractivity contribution is 1.12. The summed E-state index contributed by atoms with van der Waals surface area (Å²) < 4.78 is 1.09. The second kappa shape index (κ2) is 5.15. The van der Waals surface area contributed by atoms with Gasteiger partial charge in [-0.25, -0.2) is 4.99 Å². The van der Waals surface area contributed by atoms with E-state index < -0.39 is 0 Å². The van der Waals surface area contributed by atoms with Crippen molar-refractivity contribution < 1.29 is 0 Å². The van der Waals surface area contributed by atoms with E-state index in [0.717, 1.165) is 23.0 Å². The van der Waals surface area contributed by atoms with Crippen LogP contribution in [0.4, 0.5) is 5.69 Å². The Kier molecular flexibility index (Phi) is 4.14. The average molecular weight is 255 g/mol. The third-order valence-electron chi connectivity index (χ3n) is 2.05. The lowest BCUT2D eigenvalue weighted by Crippen LogP contribution is -2.08. The van der Waals surface area contributed by atoms with Crippen LogP contribution in [0.15, 0.2) is 27.7 Å². The Bertz CT molecular complexity index is 345. The average Bonchev–Trinajstić information content (AvgIpc) is 2.20. The zero-order chi connectivity index (χ0) is 10.6. The molecule has 0 saturated carbocycles. The molecule has 0 aromatic heterocycles. The molecule has 0 heterocycles. The smallest absolute Gasteiger partial charge is 0.0993 e. The number of nitrogens with two attached hydrogens (primary N) is 1. The summed E-state index contributed by atoms with van der Waals surface area (Å²) in [5.41, 5.74) is 7.90. The van der Waals surface area contributed by atoms with Crippen LogP contribution in [0, 0.1) is 0 Å². The Morgan fingerprint density at radius 2 is 2.14 bits per heavy atom. The van der Waals surface area contributed by atoms with E-state index in [1.165, 1.54) is 5.56 Å². The molecule has 0 spiro atoms. The van der Waals surface area contributed by atoms with Gasteiger partial charge in [0.2, 0.25) is 0 Å². The second-order valence-corrected chi connectivity index (χ2v) is 4.00. The maximum Gasteiger partial charge on any atom is 0.0993 e. The highest BCUT2D eigenvalue weighted by Crippen LogP contribution is 2.24. The highest BCUT2D eigenvalue weighted by atomic mass is 79.9. The second-order valence-electron chi connectivity index (χ2n) is 3.08. The molecule has 0 radical (unpaired) electrons. The van der Waals surface area contributed by atoms with Crippen molar-refractivity contribution in [1.29, 1.82) is 0 Å². The van der Waals surface area contributed by atoms with E-state index in [1.54, 1.807) is 0 Å². The maximum absolute atomic E-state index is 5.70. The minimum atomic E-state index is 0.682. The highest BCUT2D eigenvalue weighted by Gasteiger charge is 2.00. The van der Waals surface area contributed by atoms with Crippen LogP contribution in [0.3, 0.4) is 0 Å². The van der Waals surface area contributed by atoms with Crippen molar-refractivity contribution in [3.63, 3.8) is 0 Å². The maximum atomic E-state index is 5.70. The molecular weight excluding hydrogens is 240 g/mol. The minimum Gasteiger partial charge on any atom is -0.387 e. The monoisotopic (exact) mass is 254 g/mol. The minimum absolute atomic E-state index is 0.682. The molecule has 0 aliphatic heterocycles. The summed E-state index contributed by atoms with van der Waals surface area (Å²) >= 11 is 3.44. The van der Waals surface area contributed by atoms with Crippen molar-refractivity contribution in [3.05, 3.63) is 28.2 Å². The number of amidine groups is 1. The van der Waals surface area contributed by atoms with E-state index in [4.69, 9.17) is 5.73 Å². The number of hydrogen-bond acceptors (Lipinski definition) is 1. The zero-order valence-electron chi connectivity index (χ0n) is 8.55. The molecule has 0 saturated heterocycles. The molecule has 76 valence electrons. The first-order valence-electron chi connectivity index (χ1n) is 4.78. The number of benzene rings is 1. The van der Waals surface area contributed by atoms with E-state index in [-0.39, 0.29) is 0 Å². The molecule has 0 bridgehead atoms. The normalized spacial score (nSPS) is 11.8. The van der Waals surface area contributed by atoms with Crippen LogP contribution in [0.25, 0.3) is 0 Å². The van der Waals surface area contributed by atoms with Crippen molar-refractivity contribution in [2.75, 3.05) is 0 Å². The van der Waals surface area contributed by atoms with Crippen LogP contribution in [0.5, 0.6) is 0 Å². The number of rotatable bonds is 3.